The molecule has 0 radical (unpaired) electrons. The van der Waals surface area contributed by atoms with Crippen molar-refractivity contribution in [1.82, 2.24) is 15.1 Å². The number of nitrogens with zero attached hydrogens (tertiary/aromatic N) is 3. The molecular formula is C19H26N4O3S. The number of amides is 1. The molecule has 1 aromatic heterocycles. The average Bonchev–Trinajstić information content (AvgIpc) is 3.14. The van der Waals surface area contributed by atoms with Crippen LogP contribution in [0.3, 0.4) is 0 Å². The van der Waals surface area contributed by atoms with Gasteiger partial charge in [-0.25, -0.2) is 0 Å². The number of rotatable bonds is 9. The zero-order valence-corrected chi connectivity index (χ0v) is 16.5. The Labute approximate surface area is 163 Å². The van der Waals surface area contributed by atoms with E-state index in [0.29, 0.717) is 17.7 Å². The highest BCUT2D eigenvalue weighted by molar-refractivity contribution is 7.99. The summed E-state index contributed by atoms with van der Waals surface area (Å²) in [6, 6.07) is 8.02. The first-order chi connectivity index (χ1) is 13.2. The number of nitrogens with one attached hydrogen (secondary N) is 1. The fourth-order valence-electron chi connectivity index (χ4n) is 2.77. The molecule has 0 aliphatic carbocycles. The van der Waals surface area contributed by atoms with Crippen LogP contribution >= 0.6 is 11.8 Å². The summed E-state index contributed by atoms with van der Waals surface area (Å²) < 4.78 is 10.9. The standard InChI is InChI=1S/C19H26N4O3S/c1-2-3-4-15-5-7-16(8-6-15)20-17(24)14-27-19-22-21-18(26-19)13-23-9-11-25-12-10-23/h5-8H,2-4,9-14H2,1H3,(H,20,24). The molecule has 0 spiro atoms. The largest absolute Gasteiger partial charge is 0.415 e. The Hall–Kier alpha value is -1.90. The summed E-state index contributed by atoms with van der Waals surface area (Å²) in [5.41, 5.74) is 2.10. The zero-order valence-electron chi connectivity index (χ0n) is 15.6. The van der Waals surface area contributed by atoms with Crippen LogP contribution in [-0.4, -0.2) is 53.1 Å². The first-order valence-electron chi connectivity index (χ1n) is 9.37. The summed E-state index contributed by atoms with van der Waals surface area (Å²) in [5, 5.41) is 11.4. The predicted molar refractivity (Wildman–Crippen MR) is 105 cm³/mol. The minimum Gasteiger partial charge on any atom is -0.415 e. The average molecular weight is 391 g/mol. The van der Waals surface area contributed by atoms with Gasteiger partial charge in [0.1, 0.15) is 0 Å². The van der Waals surface area contributed by atoms with Crippen LogP contribution in [0.25, 0.3) is 0 Å². The van der Waals surface area contributed by atoms with Crippen molar-refractivity contribution in [2.24, 2.45) is 0 Å². The van der Waals surface area contributed by atoms with Crippen LogP contribution in [0.2, 0.25) is 0 Å². The van der Waals surface area contributed by atoms with Gasteiger partial charge in [0.15, 0.2) is 0 Å². The summed E-state index contributed by atoms with van der Waals surface area (Å²) in [5.74, 6) is 0.716. The van der Waals surface area contributed by atoms with E-state index in [1.54, 1.807) is 0 Å². The number of aromatic nitrogens is 2. The number of carbonyl (C=O) groups excluding carboxylic acids is 1. The number of hydrogen-bond acceptors (Lipinski definition) is 7. The molecule has 1 aliphatic rings. The lowest BCUT2D eigenvalue weighted by Gasteiger charge is -2.24. The van der Waals surface area contributed by atoms with E-state index in [9.17, 15) is 4.79 Å². The summed E-state index contributed by atoms with van der Waals surface area (Å²) in [7, 11) is 0. The Morgan fingerprint density at radius 3 is 2.74 bits per heavy atom. The van der Waals surface area contributed by atoms with Crippen LogP contribution in [0.1, 0.15) is 31.2 Å². The van der Waals surface area contributed by atoms with Crippen LogP contribution in [0.5, 0.6) is 0 Å². The molecule has 7 nitrogen and oxygen atoms in total. The van der Waals surface area contributed by atoms with Crippen molar-refractivity contribution < 1.29 is 13.9 Å². The fourth-order valence-corrected chi connectivity index (χ4v) is 3.35. The molecule has 0 unspecified atom stereocenters. The lowest BCUT2D eigenvalue weighted by Crippen LogP contribution is -2.35. The lowest BCUT2D eigenvalue weighted by atomic mass is 10.1. The van der Waals surface area contributed by atoms with Crippen molar-refractivity contribution in [1.29, 1.82) is 0 Å². The fraction of sp³-hybridized carbons (Fsp3) is 0.526. The van der Waals surface area contributed by atoms with E-state index in [1.165, 1.54) is 30.2 Å². The molecule has 2 aromatic rings. The maximum atomic E-state index is 12.1. The van der Waals surface area contributed by atoms with Gasteiger partial charge in [-0.15, -0.1) is 10.2 Å². The second kappa shape index (κ2) is 10.4. The van der Waals surface area contributed by atoms with E-state index in [0.717, 1.165) is 38.4 Å². The van der Waals surface area contributed by atoms with E-state index in [4.69, 9.17) is 9.15 Å². The number of unbranched alkanes of at least 4 members (excludes halogenated alkanes) is 1. The molecule has 3 rings (SSSR count). The van der Waals surface area contributed by atoms with Gasteiger partial charge in [0.2, 0.25) is 11.8 Å². The number of hydrogen-bond donors (Lipinski definition) is 1. The third-order valence-corrected chi connectivity index (χ3v) is 5.11. The summed E-state index contributed by atoms with van der Waals surface area (Å²) in [6.45, 7) is 5.99. The van der Waals surface area contributed by atoms with Crippen molar-refractivity contribution in [3.05, 3.63) is 35.7 Å². The van der Waals surface area contributed by atoms with Crippen molar-refractivity contribution in [2.75, 3.05) is 37.4 Å². The van der Waals surface area contributed by atoms with Gasteiger partial charge in [-0.3, -0.25) is 9.69 Å². The van der Waals surface area contributed by atoms with Gasteiger partial charge in [-0.2, -0.15) is 0 Å². The molecule has 1 aliphatic heterocycles. The third kappa shape index (κ3) is 6.64. The van der Waals surface area contributed by atoms with Crippen molar-refractivity contribution >= 4 is 23.4 Å². The van der Waals surface area contributed by atoms with E-state index >= 15 is 0 Å². The zero-order chi connectivity index (χ0) is 18.9. The Balaban J connectivity index is 1.41. The summed E-state index contributed by atoms with van der Waals surface area (Å²) in [6.07, 6.45) is 3.43. The molecule has 1 amide bonds. The molecule has 146 valence electrons. The molecule has 2 heterocycles. The maximum Gasteiger partial charge on any atom is 0.277 e. The molecule has 0 atom stereocenters. The number of ether oxygens (including phenoxy) is 1. The summed E-state index contributed by atoms with van der Waals surface area (Å²) in [4.78, 5) is 14.3. The first-order valence-corrected chi connectivity index (χ1v) is 10.4. The Morgan fingerprint density at radius 2 is 2.00 bits per heavy atom. The van der Waals surface area contributed by atoms with E-state index < -0.39 is 0 Å². The van der Waals surface area contributed by atoms with E-state index in [2.05, 4.69) is 39.5 Å². The molecule has 1 saturated heterocycles. The second-order valence-corrected chi connectivity index (χ2v) is 7.41. The van der Waals surface area contributed by atoms with Crippen LogP contribution < -0.4 is 5.32 Å². The van der Waals surface area contributed by atoms with E-state index in [-0.39, 0.29) is 11.7 Å². The highest BCUT2D eigenvalue weighted by Gasteiger charge is 2.15. The molecule has 0 saturated carbocycles. The monoisotopic (exact) mass is 390 g/mol. The second-order valence-electron chi connectivity index (χ2n) is 6.49. The van der Waals surface area contributed by atoms with Crippen molar-refractivity contribution in [3.8, 4) is 0 Å². The highest BCUT2D eigenvalue weighted by atomic mass is 32.2. The van der Waals surface area contributed by atoms with Gasteiger partial charge < -0.3 is 14.5 Å². The van der Waals surface area contributed by atoms with Gasteiger partial charge >= 0.3 is 0 Å². The minimum atomic E-state index is -0.0887. The molecular weight excluding hydrogens is 364 g/mol. The Kier molecular flexibility index (Phi) is 7.67. The van der Waals surface area contributed by atoms with Crippen molar-refractivity contribution in [3.63, 3.8) is 0 Å². The van der Waals surface area contributed by atoms with Gasteiger partial charge in [0, 0.05) is 18.8 Å². The SMILES string of the molecule is CCCCc1ccc(NC(=O)CSc2nnc(CN3CCOCC3)o2)cc1. The highest BCUT2D eigenvalue weighted by Crippen LogP contribution is 2.18. The number of thioether (sulfide) groups is 1. The smallest absolute Gasteiger partial charge is 0.277 e. The molecule has 1 fully saturated rings. The van der Waals surface area contributed by atoms with E-state index in [1.807, 2.05) is 12.1 Å². The van der Waals surface area contributed by atoms with Gasteiger partial charge in [0.05, 0.1) is 25.5 Å². The molecule has 0 bridgehead atoms. The van der Waals surface area contributed by atoms with Crippen LogP contribution in [0, 0.1) is 0 Å². The minimum absolute atomic E-state index is 0.0887. The molecule has 8 heteroatoms. The lowest BCUT2D eigenvalue weighted by molar-refractivity contribution is -0.113. The Morgan fingerprint density at radius 1 is 1.22 bits per heavy atom. The topological polar surface area (TPSA) is 80.5 Å². The third-order valence-electron chi connectivity index (χ3n) is 4.29. The van der Waals surface area contributed by atoms with Gasteiger partial charge in [-0.1, -0.05) is 37.2 Å². The van der Waals surface area contributed by atoms with Gasteiger partial charge in [0.25, 0.3) is 5.22 Å². The Bertz CT molecular complexity index is 714. The summed E-state index contributed by atoms with van der Waals surface area (Å²) >= 11 is 1.25. The predicted octanol–water partition coefficient (Wildman–Crippen LogP) is 2.98. The first kappa shape index (κ1) is 19.9. The quantitative estimate of drug-likeness (QED) is 0.659. The number of morpholine rings is 1. The van der Waals surface area contributed by atoms with Crippen LogP contribution in [0.15, 0.2) is 33.9 Å². The number of benzene rings is 1. The van der Waals surface area contributed by atoms with Crippen LogP contribution in [0.4, 0.5) is 5.69 Å². The number of aryl methyl sites for hydroxylation is 1. The maximum absolute atomic E-state index is 12.1. The molecule has 1 N–H and O–H groups in total. The molecule has 27 heavy (non-hydrogen) atoms. The number of anilines is 1. The molecule has 1 aromatic carbocycles. The normalized spacial score (nSPS) is 15.0. The van der Waals surface area contributed by atoms with Crippen molar-refractivity contribution in [2.45, 2.75) is 38.0 Å². The number of carbonyl (C=O) groups is 1. The van der Waals surface area contributed by atoms with Gasteiger partial charge in [-0.05, 0) is 30.5 Å². The van der Waals surface area contributed by atoms with Crippen LogP contribution in [-0.2, 0) is 22.5 Å².